The van der Waals surface area contributed by atoms with E-state index < -0.39 is 0 Å². The average molecular weight is 332 g/mol. The molecule has 0 spiro atoms. The van der Waals surface area contributed by atoms with Gasteiger partial charge in [-0.25, -0.2) is 4.99 Å². The molecule has 6 heteroatoms. The maximum Gasteiger partial charge on any atom is 0.276 e. The largest absolute Gasteiger partial charge is 0.326 e. The van der Waals surface area contributed by atoms with Crippen LogP contribution in [0, 0.1) is 0 Å². The third kappa shape index (κ3) is 3.13. The van der Waals surface area contributed by atoms with Gasteiger partial charge in [0.1, 0.15) is 5.70 Å². The van der Waals surface area contributed by atoms with Gasteiger partial charge < -0.3 is 5.32 Å². The second-order valence-corrected chi connectivity index (χ2v) is 5.38. The summed E-state index contributed by atoms with van der Waals surface area (Å²) in [6.45, 7) is 0. The average Bonchev–Trinajstić information content (AvgIpc) is 2.84. The van der Waals surface area contributed by atoms with Crippen LogP contribution >= 0.6 is 23.2 Å². The van der Waals surface area contributed by atoms with Crippen LogP contribution in [0.15, 0.2) is 59.2 Å². The molecule has 110 valence electrons. The molecule has 0 aliphatic carbocycles. The zero-order valence-corrected chi connectivity index (χ0v) is 12.8. The highest BCUT2D eigenvalue weighted by atomic mass is 35.5. The van der Waals surface area contributed by atoms with Gasteiger partial charge in [-0.15, -0.1) is 0 Å². The van der Waals surface area contributed by atoms with E-state index in [1.807, 2.05) is 30.3 Å². The van der Waals surface area contributed by atoms with Gasteiger partial charge in [-0.2, -0.15) is 0 Å². The summed E-state index contributed by atoms with van der Waals surface area (Å²) in [6.07, 6.45) is 1.57. The van der Waals surface area contributed by atoms with E-state index in [-0.39, 0.29) is 11.6 Å². The number of hydrogen-bond acceptors (Lipinski definition) is 3. The van der Waals surface area contributed by atoms with Crippen molar-refractivity contribution in [3.63, 3.8) is 0 Å². The molecule has 3 rings (SSSR count). The summed E-state index contributed by atoms with van der Waals surface area (Å²) in [7, 11) is 0. The van der Waals surface area contributed by atoms with Crippen molar-refractivity contribution in [1.82, 2.24) is 5.32 Å². The molecule has 1 amide bonds. The Bertz CT molecular complexity index is 765. The topological polar surface area (TPSA) is 53.5 Å². The predicted molar refractivity (Wildman–Crippen MR) is 90.1 cm³/mol. The molecule has 2 N–H and O–H groups in total. The minimum absolute atomic E-state index is 0.244. The number of para-hydroxylation sites is 1. The van der Waals surface area contributed by atoms with Crippen LogP contribution in [0.4, 0.5) is 5.69 Å². The second kappa shape index (κ2) is 6.22. The van der Waals surface area contributed by atoms with E-state index in [9.17, 15) is 4.79 Å². The van der Waals surface area contributed by atoms with E-state index in [2.05, 4.69) is 15.6 Å². The SMILES string of the molecule is O=C1NC(Nc2ccccc2)=NC1=Cc1c(Cl)cccc1Cl. The first kappa shape index (κ1) is 14.6. The summed E-state index contributed by atoms with van der Waals surface area (Å²) in [5.74, 6) is 0.0556. The van der Waals surface area contributed by atoms with E-state index in [1.165, 1.54) is 0 Å². The molecule has 2 aromatic rings. The number of amides is 1. The minimum atomic E-state index is -0.311. The fourth-order valence-corrected chi connectivity index (χ4v) is 2.48. The maximum absolute atomic E-state index is 12.0. The van der Waals surface area contributed by atoms with Gasteiger partial charge in [0.2, 0.25) is 5.96 Å². The number of carbonyl (C=O) groups is 1. The molecule has 1 aliphatic rings. The molecule has 0 saturated carbocycles. The Kier molecular flexibility index (Phi) is 4.13. The van der Waals surface area contributed by atoms with Crippen LogP contribution in [0.5, 0.6) is 0 Å². The first-order valence-corrected chi connectivity index (χ1v) is 7.27. The molecular formula is C16H11Cl2N3O. The van der Waals surface area contributed by atoms with E-state index in [4.69, 9.17) is 23.2 Å². The summed E-state index contributed by atoms with van der Waals surface area (Å²) in [5, 5.41) is 6.62. The summed E-state index contributed by atoms with van der Waals surface area (Å²) in [4.78, 5) is 16.2. The number of anilines is 1. The van der Waals surface area contributed by atoms with Crippen molar-refractivity contribution >= 4 is 46.8 Å². The van der Waals surface area contributed by atoms with Gasteiger partial charge in [-0.1, -0.05) is 47.5 Å². The molecule has 0 atom stereocenters. The maximum atomic E-state index is 12.0. The normalized spacial score (nSPS) is 15.6. The number of nitrogens with one attached hydrogen (secondary N) is 2. The number of rotatable bonds is 2. The lowest BCUT2D eigenvalue weighted by Gasteiger charge is -2.03. The highest BCUT2D eigenvalue weighted by Gasteiger charge is 2.20. The van der Waals surface area contributed by atoms with Gasteiger partial charge in [0.15, 0.2) is 0 Å². The van der Waals surface area contributed by atoms with Gasteiger partial charge in [0.05, 0.1) is 0 Å². The first-order valence-electron chi connectivity index (χ1n) is 6.51. The number of benzene rings is 2. The highest BCUT2D eigenvalue weighted by molar-refractivity contribution is 6.37. The molecule has 0 saturated heterocycles. The van der Waals surface area contributed by atoms with Crippen molar-refractivity contribution in [2.45, 2.75) is 0 Å². The first-order chi connectivity index (χ1) is 10.6. The molecule has 0 aromatic heterocycles. The summed E-state index contributed by atoms with van der Waals surface area (Å²) < 4.78 is 0. The quantitative estimate of drug-likeness (QED) is 0.819. The molecular weight excluding hydrogens is 321 g/mol. The van der Waals surface area contributed by atoms with Gasteiger partial charge in [0, 0.05) is 21.3 Å². The van der Waals surface area contributed by atoms with Gasteiger partial charge in [-0.05, 0) is 30.3 Å². The van der Waals surface area contributed by atoms with Crippen LogP contribution < -0.4 is 10.6 Å². The molecule has 0 radical (unpaired) electrons. The number of aliphatic imine (C=N–C) groups is 1. The summed E-state index contributed by atoms with van der Waals surface area (Å²) >= 11 is 12.2. The van der Waals surface area contributed by atoms with Crippen molar-refractivity contribution in [3.8, 4) is 0 Å². The van der Waals surface area contributed by atoms with E-state index in [0.717, 1.165) is 5.69 Å². The van der Waals surface area contributed by atoms with Crippen LogP contribution in [0.1, 0.15) is 5.56 Å². The Labute approximate surface area is 137 Å². The third-order valence-electron chi connectivity index (χ3n) is 3.01. The fourth-order valence-electron chi connectivity index (χ4n) is 1.97. The van der Waals surface area contributed by atoms with Crippen LogP contribution in [0.3, 0.4) is 0 Å². The number of halogens is 2. The number of guanidine groups is 1. The smallest absolute Gasteiger partial charge is 0.276 e. The highest BCUT2D eigenvalue weighted by Crippen LogP contribution is 2.27. The Morgan fingerprint density at radius 2 is 1.68 bits per heavy atom. The lowest BCUT2D eigenvalue weighted by atomic mass is 10.2. The van der Waals surface area contributed by atoms with E-state index >= 15 is 0 Å². The number of hydrogen-bond donors (Lipinski definition) is 2. The lowest BCUT2D eigenvalue weighted by molar-refractivity contribution is -0.115. The van der Waals surface area contributed by atoms with Crippen molar-refractivity contribution in [1.29, 1.82) is 0 Å². The van der Waals surface area contributed by atoms with Gasteiger partial charge in [0.25, 0.3) is 5.91 Å². The molecule has 0 unspecified atom stereocenters. The van der Waals surface area contributed by atoms with Crippen molar-refractivity contribution in [2.24, 2.45) is 4.99 Å². The predicted octanol–water partition coefficient (Wildman–Crippen LogP) is 3.93. The number of carbonyl (C=O) groups excluding carboxylic acids is 1. The fraction of sp³-hybridized carbons (Fsp3) is 0. The van der Waals surface area contributed by atoms with Crippen LogP contribution in [0.25, 0.3) is 6.08 Å². The van der Waals surface area contributed by atoms with Crippen LogP contribution in [-0.2, 0) is 4.79 Å². The molecule has 0 bridgehead atoms. The zero-order valence-electron chi connectivity index (χ0n) is 11.3. The summed E-state index contributed by atoms with van der Waals surface area (Å²) in [6, 6.07) is 14.6. The Morgan fingerprint density at radius 3 is 2.36 bits per heavy atom. The summed E-state index contributed by atoms with van der Waals surface area (Å²) in [5.41, 5.74) is 1.65. The van der Waals surface area contributed by atoms with Crippen molar-refractivity contribution in [3.05, 3.63) is 69.8 Å². The molecule has 1 aliphatic heterocycles. The third-order valence-corrected chi connectivity index (χ3v) is 3.67. The van der Waals surface area contributed by atoms with E-state index in [1.54, 1.807) is 24.3 Å². The monoisotopic (exact) mass is 331 g/mol. The molecule has 1 heterocycles. The van der Waals surface area contributed by atoms with Crippen molar-refractivity contribution in [2.75, 3.05) is 5.32 Å². The Balaban J connectivity index is 1.88. The van der Waals surface area contributed by atoms with Crippen LogP contribution in [-0.4, -0.2) is 11.9 Å². The Hall–Kier alpha value is -2.30. The molecule has 2 aromatic carbocycles. The molecule has 4 nitrogen and oxygen atoms in total. The van der Waals surface area contributed by atoms with Crippen molar-refractivity contribution < 1.29 is 4.79 Å². The number of nitrogens with zero attached hydrogens (tertiary/aromatic N) is 1. The second-order valence-electron chi connectivity index (χ2n) is 4.57. The molecule has 22 heavy (non-hydrogen) atoms. The van der Waals surface area contributed by atoms with Crippen LogP contribution in [0.2, 0.25) is 10.0 Å². The van der Waals surface area contributed by atoms with E-state index in [0.29, 0.717) is 21.6 Å². The standard InChI is InChI=1S/C16H11Cl2N3O/c17-12-7-4-8-13(18)11(12)9-14-15(22)21-16(20-14)19-10-5-2-1-3-6-10/h1-9H,(H2,19,20,21,22). The van der Waals surface area contributed by atoms with Gasteiger partial charge in [-0.3, -0.25) is 10.1 Å². The zero-order chi connectivity index (χ0) is 15.5. The Morgan fingerprint density at radius 1 is 1.00 bits per heavy atom. The molecule has 0 fully saturated rings. The lowest BCUT2D eigenvalue weighted by Crippen LogP contribution is -2.29. The minimum Gasteiger partial charge on any atom is -0.326 e. The van der Waals surface area contributed by atoms with Gasteiger partial charge >= 0.3 is 0 Å².